The van der Waals surface area contributed by atoms with Crippen molar-refractivity contribution in [3.8, 4) is 17.2 Å². The van der Waals surface area contributed by atoms with Crippen molar-refractivity contribution in [2.24, 2.45) is 16.5 Å². The van der Waals surface area contributed by atoms with Gasteiger partial charge in [0.1, 0.15) is 0 Å². The molecule has 2 aliphatic heterocycles. The van der Waals surface area contributed by atoms with Gasteiger partial charge in [-0.05, 0) is 56.4 Å². The number of hydrogen-bond acceptors (Lipinski definition) is 6. The molecule has 168 valence electrons. The minimum atomic E-state index is 0.0276. The van der Waals surface area contributed by atoms with Crippen LogP contribution in [0.4, 0.5) is 0 Å². The van der Waals surface area contributed by atoms with Crippen molar-refractivity contribution in [2.45, 2.75) is 52.5 Å². The van der Waals surface area contributed by atoms with Gasteiger partial charge in [-0.25, -0.2) is 0 Å². The van der Waals surface area contributed by atoms with Gasteiger partial charge in [0, 0.05) is 30.5 Å². The largest absolute Gasteiger partial charge is 0.492 e. The molecule has 1 aliphatic carbocycles. The number of allylic oxidation sites excluding steroid dienone is 4. The van der Waals surface area contributed by atoms with Crippen molar-refractivity contribution >= 4 is 5.71 Å². The lowest BCUT2D eigenvalue weighted by Gasteiger charge is -2.37. The zero-order valence-electron chi connectivity index (χ0n) is 19.3. The lowest BCUT2D eigenvalue weighted by Crippen LogP contribution is -2.34. The van der Waals surface area contributed by atoms with Crippen LogP contribution in [0.3, 0.4) is 0 Å². The zero-order valence-corrected chi connectivity index (χ0v) is 19.3. The Morgan fingerprint density at radius 1 is 1.39 bits per heavy atom. The standard InChI is InChI=1S/C25H34N2O4/c1-16-7-6-11-25(2,3)19(16)9-8-18(26-28)14-20-22-17(10-12-27(20)4)13-21-23(24(22)29-5)31-15-30-21/h7-9,13,19-20,28H,6,10-12,14-15H2,1-5H3/b9-8+,26-18+. The van der Waals surface area contributed by atoms with Crippen molar-refractivity contribution in [1.82, 2.24) is 4.90 Å². The number of rotatable bonds is 5. The third kappa shape index (κ3) is 4.05. The molecule has 0 fully saturated rings. The number of nitrogens with zero attached hydrogens (tertiary/aromatic N) is 2. The Bertz CT molecular complexity index is 932. The van der Waals surface area contributed by atoms with Crippen LogP contribution in [0.2, 0.25) is 0 Å². The lowest BCUT2D eigenvalue weighted by atomic mass is 9.68. The summed E-state index contributed by atoms with van der Waals surface area (Å²) in [5.74, 6) is 2.49. The smallest absolute Gasteiger partial charge is 0.231 e. The molecule has 0 saturated heterocycles. The molecule has 0 radical (unpaired) electrons. The van der Waals surface area contributed by atoms with Gasteiger partial charge >= 0.3 is 0 Å². The van der Waals surface area contributed by atoms with Gasteiger partial charge < -0.3 is 19.4 Å². The molecule has 2 unspecified atom stereocenters. The van der Waals surface area contributed by atoms with E-state index in [1.165, 1.54) is 11.1 Å². The van der Waals surface area contributed by atoms with E-state index in [2.05, 4.69) is 56.1 Å². The summed E-state index contributed by atoms with van der Waals surface area (Å²) in [6, 6.07) is 2.10. The quantitative estimate of drug-likeness (QED) is 0.307. The average Bonchev–Trinajstić information content (AvgIpc) is 3.20. The van der Waals surface area contributed by atoms with E-state index in [0.717, 1.165) is 42.9 Å². The van der Waals surface area contributed by atoms with Crippen LogP contribution in [0.1, 0.15) is 57.2 Å². The van der Waals surface area contributed by atoms with Gasteiger partial charge in [0.05, 0.1) is 12.8 Å². The first-order chi connectivity index (χ1) is 14.9. The summed E-state index contributed by atoms with van der Waals surface area (Å²) >= 11 is 0. The Morgan fingerprint density at radius 3 is 2.90 bits per heavy atom. The Hall–Kier alpha value is -2.47. The predicted octanol–water partition coefficient (Wildman–Crippen LogP) is 5.11. The number of benzene rings is 1. The number of likely N-dealkylation sites (N-methyl/N-ethyl adjacent to an activating group) is 1. The zero-order chi connectivity index (χ0) is 22.2. The molecule has 0 amide bonds. The van der Waals surface area contributed by atoms with E-state index in [9.17, 15) is 5.21 Å². The van der Waals surface area contributed by atoms with Gasteiger partial charge in [0.2, 0.25) is 12.5 Å². The second-order valence-corrected chi connectivity index (χ2v) is 9.57. The van der Waals surface area contributed by atoms with Crippen LogP contribution in [-0.4, -0.2) is 43.3 Å². The third-order valence-electron chi connectivity index (χ3n) is 7.15. The van der Waals surface area contributed by atoms with Gasteiger partial charge in [-0.1, -0.05) is 36.7 Å². The SMILES string of the molecule is COc1c2c(cc3c1C(CC(/C=C/C1C(C)=CCCC1(C)C)=N/O)N(C)CC3)OCO2. The summed E-state index contributed by atoms with van der Waals surface area (Å²) in [4.78, 5) is 2.29. The highest BCUT2D eigenvalue weighted by Crippen LogP contribution is 2.50. The number of methoxy groups -OCH3 is 1. The average molecular weight is 427 g/mol. The van der Waals surface area contributed by atoms with Crippen LogP contribution in [-0.2, 0) is 6.42 Å². The fourth-order valence-corrected chi connectivity index (χ4v) is 5.31. The molecule has 0 spiro atoms. The molecule has 0 saturated carbocycles. The Kier molecular flexibility index (Phi) is 6.02. The second-order valence-electron chi connectivity index (χ2n) is 9.57. The summed E-state index contributed by atoms with van der Waals surface area (Å²) in [6.07, 6.45) is 10.3. The molecule has 0 aromatic heterocycles. The fraction of sp³-hybridized carbons (Fsp3) is 0.560. The number of oxime groups is 1. The van der Waals surface area contributed by atoms with Gasteiger partial charge in [0.25, 0.3) is 0 Å². The minimum Gasteiger partial charge on any atom is -0.492 e. The van der Waals surface area contributed by atoms with E-state index in [1.807, 2.05) is 6.08 Å². The third-order valence-corrected chi connectivity index (χ3v) is 7.15. The Morgan fingerprint density at radius 2 is 2.19 bits per heavy atom. The molecule has 4 rings (SSSR count). The summed E-state index contributed by atoms with van der Waals surface area (Å²) in [5.41, 5.74) is 4.56. The molecule has 1 aromatic rings. The topological polar surface area (TPSA) is 63.5 Å². The molecular formula is C25H34N2O4. The van der Waals surface area contributed by atoms with E-state index in [0.29, 0.717) is 23.8 Å². The van der Waals surface area contributed by atoms with Crippen LogP contribution in [0.5, 0.6) is 17.2 Å². The first-order valence-corrected chi connectivity index (χ1v) is 11.1. The van der Waals surface area contributed by atoms with Crippen LogP contribution in [0, 0.1) is 11.3 Å². The van der Waals surface area contributed by atoms with Gasteiger partial charge in [-0.3, -0.25) is 4.90 Å². The van der Waals surface area contributed by atoms with Crippen molar-refractivity contribution in [1.29, 1.82) is 0 Å². The van der Waals surface area contributed by atoms with Crippen LogP contribution < -0.4 is 14.2 Å². The first-order valence-electron chi connectivity index (χ1n) is 11.1. The molecule has 6 heteroatoms. The van der Waals surface area contributed by atoms with E-state index in [-0.39, 0.29) is 18.2 Å². The first kappa shape index (κ1) is 21.8. The normalized spacial score (nSPS) is 25.5. The van der Waals surface area contributed by atoms with E-state index < -0.39 is 0 Å². The molecular weight excluding hydrogens is 392 g/mol. The Balaban J connectivity index is 1.63. The fourth-order valence-electron chi connectivity index (χ4n) is 5.31. The van der Waals surface area contributed by atoms with Crippen LogP contribution in [0.25, 0.3) is 0 Å². The molecule has 1 aromatic carbocycles. The number of hydrogen-bond donors (Lipinski definition) is 1. The van der Waals surface area contributed by atoms with Crippen molar-refractivity contribution < 1.29 is 19.4 Å². The predicted molar refractivity (Wildman–Crippen MR) is 121 cm³/mol. The van der Waals surface area contributed by atoms with Crippen LogP contribution >= 0.6 is 0 Å². The molecule has 3 aliphatic rings. The maximum absolute atomic E-state index is 9.83. The molecule has 2 heterocycles. The van der Waals surface area contributed by atoms with Crippen molar-refractivity contribution in [3.05, 3.63) is 41.0 Å². The van der Waals surface area contributed by atoms with Gasteiger partial charge in [-0.2, -0.15) is 0 Å². The second kappa shape index (κ2) is 8.58. The van der Waals surface area contributed by atoms with E-state index in [1.54, 1.807) is 7.11 Å². The molecule has 0 bridgehead atoms. The van der Waals surface area contributed by atoms with E-state index >= 15 is 0 Å². The highest BCUT2D eigenvalue weighted by molar-refractivity contribution is 5.95. The summed E-state index contributed by atoms with van der Waals surface area (Å²) in [5, 5.41) is 13.5. The molecule has 2 atom stereocenters. The summed E-state index contributed by atoms with van der Waals surface area (Å²) in [7, 11) is 3.78. The maximum atomic E-state index is 9.83. The summed E-state index contributed by atoms with van der Waals surface area (Å²) in [6.45, 7) is 7.95. The molecule has 31 heavy (non-hydrogen) atoms. The Labute approximate surface area is 185 Å². The minimum absolute atomic E-state index is 0.0276. The van der Waals surface area contributed by atoms with Gasteiger partial charge in [-0.15, -0.1) is 0 Å². The van der Waals surface area contributed by atoms with Crippen LogP contribution in [0.15, 0.2) is 35.0 Å². The van der Waals surface area contributed by atoms with Crippen molar-refractivity contribution in [2.75, 3.05) is 27.5 Å². The van der Waals surface area contributed by atoms with E-state index in [4.69, 9.17) is 14.2 Å². The molecule has 1 N–H and O–H groups in total. The highest BCUT2D eigenvalue weighted by Gasteiger charge is 2.35. The maximum Gasteiger partial charge on any atom is 0.231 e. The molecule has 6 nitrogen and oxygen atoms in total. The number of fused-ring (bicyclic) bond motifs is 2. The summed E-state index contributed by atoms with van der Waals surface area (Å²) < 4.78 is 17.1. The van der Waals surface area contributed by atoms with Gasteiger partial charge in [0.15, 0.2) is 11.5 Å². The highest BCUT2D eigenvalue weighted by atomic mass is 16.7. The lowest BCUT2D eigenvalue weighted by molar-refractivity contribution is 0.170. The monoisotopic (exact) mass is 426 g/mol. The number of ether oxygens (including phenoxy) is 3. The van der Waals surface area contributed by atoms with Crippen molar-refractivity contribution in [3.63, 3.8) is 0 Å².